The number of hydrogen-bond donors (Lipinski definition) is 0. The Labute approximate surface area is 145 Å². The third kappa shape index (κ3) is 2.77. The Hall–Kier alpha value is -2.77. The Bertz CT molecular complexity index is 876. The number of imidazole rings is 1. The predicted octanol–water partition coefficient (Wildman–Crippen LogP) is 2.10. The molecule has 0 bridgehead atoms. The molecule has 0 aliphatic carbocycles. The molecule has 1 unspecified atom stereocenters. The first-order valence-corrected chi connectivity index (χ1v) is 8.46. The lowest BCUT2D eigenvalue weighted by molar-refractivity contribution is 0.542. The van der Waals surface area contributed by atoms with Crippen LogP contribution in [0.1, 0.15) is 13.8 Å². The topological polar surface area (TPSA) is 63.0 Å². The van der Waals surface area contributed by atoms with Crippen LogP contribution in [0.4, 0.5) is 16.0 Å². The van der Waals surface area contributed by atoms with Gasteiger partial charge in [-0.2, -0.15) is 0 Å². The fourth-order valence-electron chi connectivity index (χ4n) is 3.35. The number of fused-ring (bicyclic) bond motifs is 1. The number of hydrogen-bond acceptors (Lipinski definition) is 6. The molecular weight excluding hydrogens is 321 g/mol. The van der Waals surface area contributed by atoms with E-state index < -0.39 is 0 Å². The van der Waals surface area contributed by atoms with Crippen LogP contribution in [0.5, 0.6) is 0 Å². The van der Waals surface area contributed by atoms with Crippen molar-refractivity contribution in [1.82, 2.24) is 24.5 Å². The minimum atomic E-state index is -0.315. The summed E-state index contributed by atoms with van der Waals surface area (Å²) in [6.07, 6.45) is 4.68. The molecule has 3 aromatic heterocycles. The summed E-state index contributed by atoms with van der Waals surface area (Å²) in [6, 6.07) is 3.40. The average Bonchev–Trinajstić information content (AvgIpc) is 3.06. The first kappa shape index (κ1) is 15.7. The van der Waals surface area contributed by atoms with Gasteiger partial charge in [-0.15, -0.1) is 0 Å². The number of halogens is 1. The highest BCUT2D eigenvalue weighted by Crippen LogP contribution is 2.26. The highest BCUT2D eigenvalue weighted by molar-refractivity contribution is 5.83. The van der Waals surface area contributed by atoms with Gasteiger partial charge in [0.25, 0.3) is 0 Å². The summed E-state index contributed by atoms with van der Waals surface area (Å²) in [6.45, 7) is 7.43. The van der Waals surface area contributed by atoms with E-state index in [9.17, 15) is 4.39 Å². The monoisotopic (exact) mass is 341 g/mol. The lowest BCUT2D eigenvalue weighted by Gasteiger charge is -2.41. The summed E-state index contributed by atoms with van der Waals surface area (Å²) in [5.41, 5.74) is 1.70. The Morgan fingerprint density at radius 3 is 2.76 bits per heavy atom. The van der Waals surface area contributed by atoms with Gasteiger partial charge in [0.2, 0.25) is 0 Å². The Morgan fingerprint density at radius 1 is 1.16 bits per heavy atom. The molecule has 0 spiro atoms. The number of rotatable bonds is 3. The number of aromatic nitrogens is 5. The number of pyridine rings is 1. The molecule has 0 radical (unpaired) electrons. The predicted molar refractivity (Wildman–Crippen MR) is 94.2 cm³/mol. The van der Waals surface area contributed by atoms with Crippen LogP contribution in [0, 0.1) is 5.82 Å². The van der Waals surface area contributed by atoms with Crippen LogP contribution in [0.25, 0.3) is 11.2 Å². The molecule has 0 N–H and O–H groups in total. The maximum Gasteiger partial charge on any atom is 0.165 e. The second kappa shape index (κ2) is 6.27. The molecule has 1 aliphatic rings. The van der Waals surface area contributed by atoms with Crippen LogP contribution in [0.3, 0.4) is 0 Å². The van der Waals surface area contributed by atoms with Gasteiger partial charge >= 0.3 is 0 Å². The third-order valence-corrected chi connectivity index (χ3v) is 4.66. The molecule has 0 amide bonds. The molecule has 1 saturated heterocycles. The minimum Gasteiger partial charge on any atom is -0.353 e. The van der Waals surface area contributed by atoms with Gasteiger partial charge in [0.1, 0.15) is 18.0 Å². The van der Waals surface area contributed by atoms with Crippen LogP contribution >= 0.6 is 0 Å². The van der Waals surface area contributed by atoms with Crippen LogP contribution in [0.2, 0.25) is 0 Å². The molecule has 130 valence electrons. The maximum absolute atomic E-state index is 13.1. The number of anilines is 2. The van der Waals surface area contributed by atoms with Crippen LogP contribution in [-0.4, -0.2) is 50.2 Å². The molecule has 3 aromatic rings. The Kier molecular flexibility index (Phi) is 3.95. The normalized spacial score (nSPS) is 18.1. The second-order valence-corrected chi connectivity index (χ2v) is 6.22. The standard InChI is InChI=1S/C17H20FN7/c1-3-23-11-22-15-16(23)20-10-21-17(15)25-7-6-24(9-12(25)2)14-5-4-13(18)8-19-14/h4-5,8,10-12H,3,6-7,9H2,1-2H3. The van der Waals surface area contributed by atoms with Gasteiger partial charge in [-0.25, -0.2) is 24.3 Å². The summed E-state index contributed by atoms with van der Waals surface area (Å²) in [7, 11) is 0. The van der Waals surface area contributed by atoms with Crippen molar-refractivity contribution in [3.05, 3.63) is 36.8 Å². The van der Waals surface area contributed by atoms with Crippen molar-refractivity contribution in [1.29, 1.82) is 0 Å². The quantitative estimate of drug-likeness (QED) is 0.727. The summed E-state index contributed by atoms with van der Waals surface area (Å²) in [5, 5.41) is 0. The summed E-state index contributed by atoms with van der Waals surface area (Å²) < 4.78 is 15.1. The molecule has 4 heterocycles. The molecule has 0 aromatic carbocycles. The highest BCUT2D eigenvalue weighted by Gasteiger charge is 2.27. The van der Waals surface area contributed by atoms with Crippen LogP contribution in [0.15, 0.2) is 31.0 Å². The zero-order chi connectivity index (χ0) is 17.4. The molecule has 4 rings (SSSR count). The number of nitrogens with zero attached hydrogens (tertiary/aromatic N) is 7. The smallest absolute Gasteiger partial charge is 0.165 e. The lowest BCUT2D eigenvalue weighted by atomic mass is 10.2. The van der Waals surface area contributed by atoms with E-state index in [2.05, 4.69) is 43.6 Å². The fraction of sp³-hybridized carbons (Fsp3) is 0.412. The first-order chi connectivity index (χ1) is 12.2. The first-order valence-electron chi connectivity index (χ1n) is 8.46. The van der Waals surface area contributed by atoms with E-state index in [1.165, 1.54) is 12.3 Å². The lowest BCUT2D eigenvalue weighted by Crippen LogP contribution is -2.52. The van der Waals surface area contributed by atoms with Gasteiger partial charge in [0.15, 0.2) is 17.0 Å². The average molecular weight is 341 g/mol. The van der Waals surface area contributed by atoms with E-state index in [1.807, 2.05) is 10.9 Å². The Morgan fingerprint density at radius 2 is 2.04 bits per heavy atom. The molecule has 1 fully saturated rings. The van der Waals surface area contributed by atoms with Crippen molar-refractivity contribution in [2.75, 3.05) is 29.4 Å². The van der Waals surface area contributed by atoms with Crippen LogP contribution in [-0.2, 0) is 6.54 Å². The summed E-state index contributed by atoms with van der Waals surface area (Å²) in [4.78, 5) is 22.0. The van der Waals surface area contributed by atoms with E-state index in [-0.39, 0.29) is 11.9 Å². The molecule has 1 aliphatic heterocycles. The highest BCUT2D eigenvalue weighted by atomic mass is 19.1. The molecule has 0 saturated carbocycles. The van der Waals surface area contributed by atoms with Gasteiger partial charge in [-0.3, -0.25) is 0 Å². The van der Waals surface area contributed by atoms with E-state index in [1.54, 1.807) is 12.4 Å². The fourth-order valence-corrected chi connectivity index (χ4v) is 3.35. The van der Waals surface area contributed by atoms with Crippen molar-refractivity contribution in [3.8, 4) is 0 Å². The van der Waals surface area contributed by atoms with Gasteiger partial charge in [0.05, 0.1) is 12.5 Å². The molecule has 8 heteroatoms. The summed E-state index contributed by atoms with van der Waals surface area (Å²) >= 11 is 0. The molecular formula is C17H20FN7. The van der Waals surface area contributed by atoms with Crippen molar-refractivity contribution in [3.63, 3.8) is 0 Å². The SMILES string of the molecule is CCn1cnc2c(N3CCN(c4ccc(F)cn4)CC3C)ncnc21. The van der Waals surface area contributed by atoms with E-state index in [0.717, 1.165) is 49.0 Å². The van der Waals surface area contributed by atoms with Crippen LogP contribution < -0.4 is 9.80 Å². The maximum atomic E-state index is 13.1. The third-order valence-electron chi connectivity index (χ3n) is 4.66. The Balaban J connectivity index is 1.59. The zero-order valence-corrected chi connectivity index (χ0v) is 14.3. The zero-order valence-electron chi connectivity index (χ0n) is 14.3. The van der Waals surface area contributed by atoms with E-state index in [0.29, 0.717) is 0 Å². The van der Waals surface area contributed by atoms with Crippen molar-refractivity contribution in [2.45, 2.75) is 26.4 Å². The van der Waals surface area contributed by atoms with E-state index in [4.69, 9.17) is 0 Å². The molecule has 25 heavy (non-hydrogen) atoms. The van der Waals surface area contributed by atoms with Crippen molar-refractivity contribution in [2.24, 2.45) is 0 Å². The molecule has 7 nitrogen and oxygen atoms in total. The van der Waals surface area contributed by atoms with Gasteiger partial charge in [-0.1, -0.05) is 0 Å². The van der Waals surface area contributed by atoms with Crippen molar-refractivity contribution < 1.29 is 4.39 Å². The van der Waals surface area contributed by atoms with Gasteiger partial charge in [0, 0.05) is 32.2 Å². The molecule has 1 atom stereocenters. The largest absolute Gasteiger partial charge is 0.353 e. The number of aryl methyl sites for hydroxylation is 1. The van der Waals surface area contributed by atoms with Crippen molar-refractivity contribution >= 4 is 22.8 Å². The summed E-state index contributed by atoms with van der Waals surface area (Å²) in [5.74, 6) is 1.36. The second-order valence-electron chi connectivity index (χ2n) is 6.22. The van der Waals surface area contributed by atoms with E-state index >= 15 is 0 Å². The van der Waals surface area contributed by atoms with Gasteiger partial charge < -0.3 is 14.4 Å². The van der Waals surface area contributed by atoms with Gasteiger partial charge in [-0.05, 0) is 26.0 Å². The number of piperazine rings is 1. The minimum absolute atomic E-state index is 0.227.